The van der Waals surface area contributed by atoms with E-state index >= 15 is 0 Å². The van der Waals surface area contributed by atoms with Crippen molar-refractivity contribution in [3.63, 3.8) is 0 Å². The van der Waals surface area contributed by atoms with E-state index in [2.05, 4.69) is 54.5 Å². The fraction of sp³-hybridized carbons (Fsp3) is 0.638. The Morgan fingerprint density at radius 3 is 2.04 bits per heavy atom. The minimum Gasteiger partial charge on any atom is -0.463 e. The predicted octanol–water partition coefficient (Wildman–Crippen LogP) is 10.1. The number of esters is 2. The summed E-state index contributed by atoms with van der Waals surface area (Å²) in [4.78, 5) is 42.3. The number of allylic oxidation sites excluding steroid dienone is 2. The van der Waals surface area contributed by atoms with Crippen molar-refractivity contribution in [2.75, 3.05) is 13.2 Å². The third kappa shape index (κ3) is 6.33. The van der Waals surface area contributed by atoms with Crippen LogP contribution in [0.25, 0.3) is 0 Å². The minimum absolute atomic E-state index is 0.0577. The Balaban J connectivity index is 1.08. The van der Waals surface area contributed by atoms with Crippen LogP contribution in [0.15, 0.2) is 72.3 Å². The lowest BCUT2D eigenvalue weighted by Gasteiger charge is -2.70. The molecule has 1 unspecified atom stereocenters. The third-order valence-electron chi connectivity index (χ3n) is 16.2. The highest BCUT2D eigenvalue weighted by Gasteiger charge is 2.70. The fourth-order valence-electron chi connectivity index (χ4n) is 12.8. The molecule has 0 aromatic heterocycles. The summed E-state index contributed by atoms with van der Waals surface area (Å²) in [5, 5.41) is 0. The summed E-state index contributed by atoms with van der Waals surface area (Å²) in [5.74, 6) is 0.0803. The number of ether oxygens (including phenoxy) is 3. The van der Waals surface area contributed by atoms with Crippen molar-refractivity contribution in [3.8, 4) is 0 Å². The van der Waals surface area contributed by atoms with E-state index in [-0.39, 0.29) is 81.7 Å². The van der Waals surface area contributed by atoms with Crippen LogP contribution in [0.2, 0.25) is 0 Å². The van der Waals surface area contributed by atoms with Crippen LogP contribution >= 0.6 is 0 Å². The maximum absolute atomic E-state index is 14.9. The van der Waals surface area contributed by atoms with Crippen LogP contribution in [0.1, 0.15) is 117 Å². The summed E-state index contributed by atoms with van der Waals surface area (Å²) in [5.41, 5.74) is 1.98. The number of carbonyl (C=O) groups excluding carboxylic acids is 3. The SMILES string of the molecule is CC1(C)[C@@H](C(=O)OCCOCc2ccccc2)CC[C@]2(C)C3C(=O)C=C4[C@@H]5C[C@@](C)(C(=O)OCc6ccccc6)CC[C@]5(C)CC[C@@]4(C)[C@]3(C)CC[C@@H]12. The highest BCUT2D eigenvalue weighted by Crippen LogP contribution is 2.75. The van der Waals surface area contributed by atoms with E-state index in [1.54, 1.807) is 0 Å². The number of benzene rings is 2. The van der Waals surface area contributed by atoms with E-state index in [0.29, 0.717) is 13.2 Å². The molecule has 0 radical (unpaired) electrons. The molecule has 0 saturated heterocycles. The van der Waals surface area contributed by atoms with Gasteiger partial charge in [-0.05, 0) is 121 Å². The van der Waals surface area contributed by atoms with Crippen LogP contribution in [0.4, 0.5) is 0 Å². The molecule has 286 valence electrons. The predicted molar refractivity (Wildman–Crippen MR) is 206 cm³/mol. The number of ketones is 1. The summed E-state index contributed by atoms with van der Waals surface area (Å²) in [6.07, 6.45) is 10.2. The Hall–Kier alpha value is -3.25. The Morgan fingerprint density at radius 2 is 1.36 bits per heavy atom. The zero-order valence-electron chi connectivity index (χ0n) is 33.3. The van der Waals surface area contributed by atoms with Gasteiger partial charge in [-0.15, -0.1) is 0 Å². The lowest BCUT2D eigenvalue weighted by Crippen LogP contribution is -2.66. The molecular weight excluding hydrogens is 661 g/mol. The maximum Gasteiger partial charge on any atom is 0.312 e. The molecule has 0 bridgehead atoms. The topological polar surface area (TPSA) is 78.9 Å². The molecular formula is C47H62O6. The molecule has 6 heteroatoms. The summed E-state index contributed by atoms with van der Waals surface area (Å²) in [7, 11) is 0. The quantitative estimate of drug-likeness (QED) is 0.189. The third-order valence-corrected chi connectivity index (χ3v) is 16.2. The van der Waals surface area contributed by atoms with Gasteiger partial charge in [0.1, 0.15) is 13.2 Å². The van der Waals surface area contributed by atoms with Crippen LogP contribution in [-0.2, 0) is 41.8 Å². The second kappa shape index (κ2) is 13.8. The van der Waals surface area contributed by atoms with E-state index in [0.717, 1.165) is 68.9 Å². The van der Waals surface area contributed by atoms with Gasteiger partial charge in [0.25, 0.3) is 0 Å². The molecule has 2 aromatic rings. The van der Waals surface area contributed by atoms with Gasteiger partial charge in [0.15, 0.2) is 5.78 Å². The van der Waals surface area contributed by atoms with Crippen molar-refractivity contribution in [3.05, 3.63) is 83.4 Å². The lowest BCUT2D eigenvalue weighted by molar-refractivity contribution is -0.200. The molecule has 0 heterocycles. The first-order valence-electron chi connectivity index (χ1n) is 20.3. The molecule has 4 saturated carbocycles. The average Bonchev–Trinajstić information content (AvgIpc) is 3.12. The molecule has 53 heavy (non-hydrogen) atoms. The monoisotopic (exact) mass is 722 g/mol. The molecule has 4 fully saturated rings. The molecule has 0 N–H and O–H groups in total. The van der Waals surface area contributed by atoms with Gasteiger partial charge >= 0.3 is 11.9 Å². The Kier molecular flexibility index (Phi) is 9.90. The van der Waals surface area contributed by atoms with E-state index < -0.39 is 5.41 Å². The summed E-state index contributed by atoms with van der Waals surface area (Å²) < 4.78 is 17.6. The standard InChI is InChI=1S/C47H62O6/c1-42(2)34(40(49)52-27-26-51-30-32-14-10-8-11-15-32)18-20-45(5)38(42)19-21-47(7)39(45)37(48)28-35-36-29-44(4,23-22-43(36,3)24-25-46(35,47)6)41(50)53-31-33-16-12-9-13-17-33/h8-17,28,34,36,38-39H,18-27,29-31H2,1-7H3/t34-,36+,38+,39?,43-,44+,45+,46-,47-/m1/s1. The molecule has 0 spiro atoms. The lowest BCUT2D eigenvalue weighted by atomic mass is 9.33. The first-order chi connectivity index (χ1) is 25.1. The van der Waals surface area contributed by atoms with E-state index in [9.17, 15) is 14.4 Å². The minimum atomic E-state index is -0.590. The van der Waals surface area contributed by atoms with Crippen molar-refractivity contribution in [2.45, 2.75) is 119 Å². The Bertz CT molecular complexity index is 1730. The first kappa shape index (κ1) is 38.0. The first-order valence-corrected chi connectivity index (χ1v) is 20.3. The summed E-state index contributed by atoms with van der Waals surface area (Å²) in [6.45, 7) is 17.6. The van der Waals surface area contributed by atoms with Gasteiger partial charge in [-0.1, -0.05) is 108 Å². The number of carbonyl (C=O) groups is 3. The van der Waals surface area contributed by atoms with Gasteiger partial charge < -0.3 is 14.2 Å². The Morgan fingerprint density at radius 1 is 0.717 bits per heavy atom. The molecule has 2 aromatic carbocycles. The normalized spacial score (nSPS) is 38.6. The van der Waals surface area contributed by atoms with Crippen molar-refractivity contribution < 1.29 is 28.6 Å². The van der Waals surface area contributed by atoms with Crippen LogP contribution in [-0.4, -0.2) is 30.9 Å². The zero-order valence-corrected chi connectivity index (χ0v) is 33.3. The van der Waals surface area contributed by atoms with Gasteiger partial charge in [-0.3, -0.25) is 14.4 Å². The van der Waals surface area contributed by atoms with Gasteiger partial charge in [0, 0.05) is 5.92 Å². The smallest absolute Gasteiger partial charge is 0.312 e. The van der Waals surface area contributed by atoms with E-state index in [4.69, 9.17) is 14.2 Å². The van der Waals surface area contributed by atoms with E-state index in [1.165, 1.54) is 5.57 Å². The van der Waals surface area contributed by atoms with Crippen LogP contribution < -0.4 is 0 Å². The molecule has 9 atom stereocenters. The van der Waals surface area contributed by atoms with Crippen molar-refractivity contribution in [1.82, 2.24) is 0 Å². The van der Waals surface area contributed by atoms with E-state index in [1.807, 2.05) is 60.7 Å². The zero-order chi connectivity index (χ0) is 37.9. The van der Waals surface area contributed by atoms with Gasteiger partial charge in [-0.25, -0.2) is 0 Å². The van der Waals surface area contributed by atoms with Gasteiger partial charge in [0.05, 0.1) is 24.5 Å². The van der Waals surface area contributed by atoms with Crippen LogP contribution in [0.5, 0.6) is 0 Å². The highest BCUT2D eigenvalue weighted by molar-refractivity contribution is 5.96. The average molecular weight is 723 g/mol. The number of hydrogen-bond donors (Lipinski definition) is 0. The highest BCUT2D eigenvalue weighted by atomic mass is 16.6. The molecule has 5 aliphatic carbocycles. The van der Waals surface area contributed by atoms with Crippen LogP contribution in [0, 0.1) is 56.2 Å². The van der Waals surface area contributed by atoms with Crippen molar-refractivity contribution in [2.24, 2.45) is 56.2 Å². The summed E-state index contributed by atoms with van der Waals surface area (Å²) >= 11 is 0. The number of hydrogen-bond acceptors (Lipinski definition) is 6. The number of fused-ring (bicyclic) bond motifs is 7. The second-order valence-electron chi connectivity index (χ2n) is 19.4. The second-order valence-corrected chi connectivity index (χ2v) is 19.4. The molecule has 5 aliphatic rings. The van der Waals surface area contributed by atoms with Gasteiger partial charge in [-0.2, -0.15) is 0 Å². The molecule has 7 rings (SSSR count). The maximum atomic E-state index is 14.9. The Labute approximate surface area is 317 Å². The van der Waals surface area contributed by atoms with Crippen molar-refractivity contribution in [1.29, 1.82) is 0 Å². The summed E-state index contributed by atoms with van der Waals surface area (Å²) in [6, 6.07) is 19.9. The number of rotatable bonds is 9. The van der Waals surface area contributed by atoms with Gasteiger partial charge in [0.2, 0.25) is 0 Å². The fourth-order valence-corrected chi connectivity index (χ4v) is 12.8. The molecule has 0 aliphatic heterocycles. The molecule has 0 amide bonds. The largest absolute Gasteiger partial charge is 0.463 e. The van der Waals surface area contributed by atoms with Crippen molar-refractivity contribution >= 4 is 17.7 Å². The molecule has 6 nitrogen and oxygen atoms in total. The van der Waals surface area contributed by atoms with Crippen LogP contribution in [0.3, 0.4) is 0 Å².